The average molecular weight is 382 g/mol. The van der Waals surface area contributed by atoms with Gasteiger partial charge in [-0.05, 0) is 37.1 Å². The van der Waals surface area contributed by atoms with Crippen LogP contribution < -0.4 is 21.3 Å². The molecule has 0 radical (unpaired) electrons. The molecular weight excluding hydrogens is 360 g/mol. The molecular formula is C20H22N4O4. The summed E-state index contributed by atoms with van der Waals surface area (Å²) in [6.45, 7) is 2.39. The van der Waals surface area contributed by atoms with Gasteiger partial charge in [0.25, 0.3) is 11.5 Å². The van der Waals surface area contributed by atoms with Crippen molar-refractivity contribution >= 4 is 16.9 Å². The maximum atomic E-state index is 12.5. The zero-order valence-electron chi connectivity index (χ0n) is 16.3. The number of hydrogen-bond donors (Lipinski definition) is 1. The van der Waals surface area contributed by atoms with Gasteiger partial charge in [-0.3, -0.25) is 18.7 Å². The highest BCUT2D eigenvalue weighted by atomic mass is 16.5. The lowest BCUT2D eigenvalue weighted by atomic mass is 10.1. The number of carbonyl (C=O) groups is 1. The average Bonchev–Trinajstić information content (AvgIpc) is 2.70. The van der Waals surface area contributed by atoms with E-state index in [4.69, 9.17) is 4.74 Å². The molecule has 146 valence electrons. The first-order chi connectivity index (χ1) is 13.3. The number of fused-ring (bicyclic) bond motifs is 1. The first-order valence-corrected chi connectivity index (χ1v) is 8.82. The van der Waals surface area contributed by atoms with Crippen molar-refractivity contribution in [3.8, 4) is 5.75 Å². The second-order valence-corrected chi connectivity index (χ2v) is 6.59. The number of pyridine rings is 1. The Bertz CT molecular complexity index is 1180. The Morgan fingerprint density at radius 1 is 1.14 bits per heavy atom. The van der Waals surface area contributed by atoms with E-state index in [0.717, 1.165) is 21.4 Å². The fourth-order valence-electron chi connectivity index (χ4n) is 3.08. The van der Waals surface area contributed by atoms with Crippen LogP contribution in [0.25, 0.3) is 11.0 Å². The van der Waals surface area contributed by atoms with E-state index < -0.39 is 11.2 Å². The maximum Gasteiger partial charge on any atom is 0.332 e. The van der Waals surface area contributed by atoms with Gasteiger partial charge in [-0.1, -0.05) is 17.7 Å². The van der Waals surface area contributed by atoms with Crippen molar-refractivity contribution in [2.24, 2.45) is 14.1 Å². The largest absolute Gasteiger partial charge is 0.496 e. The van der Waals surface area contributed by atoms with Crippen LogP contribution in [0.5, 0.6) is 5.75 Å². The van der Waals surface area contributed by atoms with Crippen molar-refractivity contribution < 1.29 is 9.53 Å². The van der Waals surface area contributed by atoms with Crippen LogP contribution in [0, 0.1) is 6.92 Å². The molecule has 1 aromatic carbocycles. The van der Waals surface area contributed by atoms with Crippen molar-refractivity contribution in [3.05, 3.63) is 68.0 Å². The number of nitrogens with zero attached hydrogens (tertiary/aromatic N) is 3. The fourth-order valence-corrected chi connectivity index (χ4v) is 3.08. The number of amides is 1. The molecule has 8 nitrogen and oxygen atoms in total. The van der Waals surface area contributed by atoms with Crippen LogP contribution in [0.3, 0.4) is 0 Å². The molecule has 0 atom stereocenters. The summed E-state index contributed by atoms with van der Waals surface area (Å²) in [4.78, 5) is 41.0. The van der Waals surface area contributed by atoms with Gasteiger partial charge in [-0.25, -0.2) is 9.78 Å². The molecule has 0 bridgehead atoms. The second kappa shape index (κ2) is 7.67. The number of methoxy groups -OCH3 is 1. The van der Waals surface area contributed by atoms with Crippen molar-refractivity contribution in [1.82, 2.24) is 19.4 Å². The van der Waals surface area contributed by atoms with Gasteiger partial charge >= 0.3 is 5.69 Å². The van der Waals surface area contributed by atoms with E-state index in [9.17, 15) is 14.4 Å². The third kappa shape index (κ3) is 3.53. The molecule has 0 aliphatic rings. The molecule has 0 aliphatic carbocycles. The molecule has 0 unspecified atom stereocenters. The quantitative estimate of drug-likeness (QED) is 0.708. The van der Waals surface area contributed by atoms with Crippen molar-refractivity contribution in [2.75, 3.05) is 13.7 Å². The van der Waals surface area contributed by atoms with Gasteiger partial charge < -0.3 is 10.1 Å². The van der Waals surface area contributed by atoms with Crippen molar-refractivity contribution in [3.63, 3.8) is 0 Å². The van der Waals surface area contributed by atoms with E-state index in [2.05, 4.69) is 10.3 Å². The summed E-state index contributed by atoms with van der Waals surface area (Å²) in [5.41, 5.74) is 1.51. The molecule has 0 aliphatic heterocycles. The zero-order valence-corrected chi connectivity index (χ0v) is 16.3. The normalized spacial score (nSPS) is 10.9. The predicted octanol–water partition coefficient (Wildman–Crippen LogP) is 0.922. The molecule has 28 heavy (non-hydrogen) atoms. The third-order valence-corrected chi connectivity index (χ3v) is 4.65. The number of ether oxygens (including phenoxy) is 1. The van der Waals surface area contributed by atoms with Crippen LogP contribution in [0.15, 0.2) is 39.9 Å². The number of hydrogen-bond acceptors (Lipinski definition) is 5. The zero-order chi connectivity index (χ0) is 20.4. The van der Waals surface area contributed by atoms with E-state index in [1.54, 1.807) is 7.11 Å². The Labute approximate surface area is 161 Å². The summed E-state index contributed by atoms with van der Waals surface area (Å²) in [5, 5.41) is 3.10. The Kier molecular flexibility index (Phi) is 5.30. The summed E-state index contributed by atoms with van der Waals surface area (Å²) in [6.07, 6.45) is 0.600. The number of benzene rings is 1. The van der Waals surface area contributed by atoms with Crippen molar-refractivity contribution in [1.29, 1.82) is 0 Å². The minimum Gasteiger partial charge on any atom is -0.496 e. The Morgan fingerprint density at radius 3 is 2.61 bits per heavy atom. The van der Waals surface area contributed by atoms with Gasteiger partial charge in [-0.15, -0.1) is 0 Å². The highest BCUT2D eigenvalue weighted by Gasteiger charge is 2.14. The molecule has 1 N–H and O–H groups in total. The van der Waals surface area contributed by atoms with Crippen LogP contribution in [-0.4, -0.2) is 33.7 Å². The SMILES string of the molecule is COc1ccc(C)cc1CCNC(=O)c1ccc2c(=O)n(C)c(=O)n(C)c2n1. The topological polar surface area (TPSA) is 95.2 Å². The molecule has 1 amide bonds. The predicted molar refractivity (Wildman–Crippen MR) is 106 cm³/mol. The number of nitrogens with one attached hydrogen (secondary N) is 1. The Hall–Kier alpha value is -3.42. The summed E-state index contributed by atoms with van der Waals surface area (Å²) in [7, 11) is 4.54. The van der Waals surface area contributed by atoms with Gasteiger partial charge in [0.1, 0.15) is 17.1 Å². The lowest BCUT2D eigenvalue weighted by Gasteiger charge is -2.11. The Morgan fingerprint density at radius 2 is 1.89 bits per heavy atom. The van der Waals surface area contributed by atoms with Gasteiger partial charge in [0.15, 0.2) is 0 Å². The van der Waals surface area contributed by atoms with Gasteiger partial charge in [-0.2, -0.15) is 0 Å². The summed E-state index contributed by atoms with van der Waals surface area (Å²) < 4.78 is 7.61. The molecule has 2 aromatic heterocycles. The van der Waals surface area contributed by atoms with Crippen LogP contribution >= 0.6 is 0 Å². The van der Waals surface area contributed by atoms with Crippen LogP contribution in [-0.2, 0) is 20.5 Å². The molecule has 0 spiro atoms. The standard InChI is InChI=1S/C20H22N4O4/c1-12-5-8-16(28-4)13(11-12)9-10-21-18(25)15-7-6-14-17(22-15)23(2)20(27)24(3)19(14)26/h5-8,11H,9-10H2,1-4H3,(H,21,25). The molecule has 2 heterocycles. The van der Waals surface area contributed by atoms with E-state index in [0.29, 0.717) is 13.0 Å². The van der Waals surface area contributed by atoms with Crippen LogP contribution in [0.2, 0.25) is 0 Å². The van der Waals surface area contributed by atoms with E-state index >= 15 is 0 Å². The van der Waals surface area contributed by atoms with Gasteiger partial charge in [0, 0.05) is 20.6 Å². The summed E-state index contributed by atoms with van der Waals surface area (Å²) in [5.74, 6) is 0.399. The van der Waals surface area contributed by atoms with Crippen LogP contribution in [0.1, 0.15) is 21.6 Å². The lowest BCUT2D eigenvalue weighted by molar-refractivity contribution is 0.0949. The highest BCUT2D eigenvalue weighted by molar-refractivity contribution is 5.94. The molecule has 3 rings (SSSR count). The minimum atomic E-state index is -0.492. The van der Waals surface area contributed by atoms with E-state index in [1.807, 2.05) is 25.1 Å². The smallest absolute Gasteiger partial charge is 0.332 e. The van der Waals surface area contributed by atoms with Gasteiger partial charge in [0.2, 0.25) is 0 Å². The molecule has 0 fully saturated rings. The summed E-state index contributed by atoms with van der Waals surface area (Å²) >= 11 is 0. The molecule has 0 saturated carbocycles. The van der Waals surface area contributed by atoms with E-state index in [-0.39, 0.29) is 22.6 Å². The fraction of sp³-hybridized carbons (Fsp3) is 0.300. The first kappa shape index (κ1) is 19.3. The molecule has 3 aromatic rings. The third-order valence-electron chi connectivity index (χ3n) is 4.65. The summed E-state index contributed by atoms with van der Waals surface area (Å²) in [6, 6.07) is 8.89. The monoisotopic (exact) mass is 382 g/mol. The Balaban J connectivity index is 1.80. The second-order valence-electron chi connectivity index (χ2n) is 6.59. The number of aromatic nitrogens is 3. The number of aryl methyl sites for hydroxylation is 2. The highest BCUT2D eigenvalue weighted by Crippen LogP contribution is 2.19. The number of carbonyl (C=O) groups excluding carboxylic acids is 1. The lowest BCUT2D eigenvalue weighted by Crippen LogP contribution is -2.37. The minimum absolute atomic E-state index is 0.145. The van der Waals surface area contributed by atoms with Crippen LogP contribution in [0.4, 0.5) is 0 Å². The first-order valence-electron chi connectivity index (χ1n) is 8.82. The molecule has 0 saturated heterocycles. The molecule has 8 heteroatoms. The van der Waals surface area contributed by atoms with Gasteiger partial charge in [0.05, 0.1) is 12.5 Å². The maximum absolute atomic E-state index is 12.5. The van der Waals surface area contributed by atoms with Crippen molar-refractivity contribution in [2.45, 2.75) is 13.3 Å². The van der Waals surface area contributed by atoms with E-state index in [1.165, 1.54) is 30.8 Å². The number of rotatable bonds is 5.